The van der Waals surface area contributed by atoms with Crippen LogP contribution in [0.5, 0.6) is 0 Å². The molecule has 38 heavy (non-hydrogen) atoms. The molecule has 8 heteroatoms. The monoisotopic (exact) mass is 518 g/mol. The van der Waals surface area contributed by atoms with Crippen molar-refractivity contribution in [2.75, 3.05) is 32.1 Å². The molecule has 3 amide bonds. The van der Waals surface area contributed by atoms with Crippen LogP contribution < -0.4 is 10.2 Å². The molecule has 2 saturated heterocycles. The van der Waals surface area contributed by atoms with Crippen molar-refractivity contribution >= 4 is 29.2 Å². The maximum absolute atomic E-state index is 13.8. The molecule has 0 aromatic heterocycles. The third-order valence-electron chi connectivity index (χ3n) is 7.68. The number of likely N-dealkylation sites (tertiary alicyclic amines) is 2. The maximum atomic E-state index is 13.8. The summed E-state index contributed by atoms with van der Waals surface area (Å²) in [7, 11) is 3.85. The van der Waals surface area contributed by atoms with Crippen molar-refractivity contribution in [2.24, 2.45) is 5.92 Å². The predicted octanol–water partition coefficient (Wildman–Crippen LogP) is 3.21. The number of nitrogens with zero attached hydrogens (tertiary/aromatic N) is 3. The quantitative estimate of drug-likeness (QED) is 0.608. The zero-order valence-corrected chi connectivity index (χ0v) is 23.2. The number of nitrogens with one attached hydrogen (secondary N) is 1. The van der Waals surface area contributed by atoms with Crippen molar-refractivity contribution in [1.82, 2.24) is 15.1 Å². The van der Waals surface area contributed by atoms with Crippen LogP contribution in [0, 0.1) is 19.8 Å². The molecule has 4 rings (SSSR count). The number of fused-ring (bicyclic) bond motifs is 1. The van der Waals surface area contributed by atoms with Crippen LogP contribution in [0.3, 0.4) is 0 Å². The number of carbonyl (C=O) groups excluding carboxylic acids is 4. The smallest absolute Gasteiger partial charge is 0.254 e. The Kier molecular flexibility index (Phi) is 7.90. The standard InChI is InChI=1S/C30H38N4O4/c1-18(2)15-24(31-28(36)21-9-11-23(12-10-21)32(5)6)30(38)33-14-13-25-27(33)26(35)17-34(25)29(37)22-8-7-19(3)20(4)16-22/h7-12,16,18,24-25,27H,13-15,17H2,1-6H3,(H,31,36)/t24-,25+,27-/m0/s1. The van der Waals surface area contributed by atoms with Gasteiger partial charge in [0.1, 0.15) is 12.1 Å². The van der Waals surface area contributed by atoms with E-state index in [0.29, 0.717) is 30.5 Å². The third kappa shape index (κ3) is 5.44. The Hall–Kier alpha value is -3.68. The molecule has 8 nitrogen and oxygen atoms in total. The zero-order valence-electron chi connectivity index (χ0n) is 23.2. The summed E-state index contributed by atoms with van der Waals surface area (Å²) in [5, 5.41) is 2.92. The largest absolute Gasteiger partial charge is 0.378 e. The van der Waals surface area contributed by atoms with Gasteiger partial charge < -0.3 is 20.0 Å². The van der Waals surface area contributed by atoms with E-state index in [1.807, 2.05) is 71.0 Å². The first kappa shape index (κ1) is 27.4. The zero-order chi connectivity index (χ0) is 27.7. The van der Waals surface area contributed by atoms with Crippen LogP contribution in [-0.2, 0) is 9.59 Å². The average molecular weight is 519 g/mol. The Bertz CT molecular complexity index is 1240. The van der Waals surface area contributed by atoms with Gasteiger partial charge in [0, 0.05) is 37.5 Å². The van der Waals surface area contributed by atoms with Gasteiger partial charge in [-0.25, -0.2) is 0 Å². The minimum atomic E-state index is -0.757. The number of benzene rings is 2. The number of hydrogen-bond donors (Lipinski definition) is 1. The summed E-state index contributed by atoms with van der Waals surface area (Å²) in [4.78, 5) is 58.4. The first-order valence-corrected chi connectivity index (χ1v) is 13.3. The van der Waals surface area contributed by atoms with E-state index in [4.69, 9.17) is 0 Å². The van der Waals surface area contributed by atoms with Gasteiger partial charge in [0.15, 0.2) is 5.78 Å². The van der Waals surface area contributed by atoms with Crippen molar-refractivity contribution in [2.45, 2.75) is 58.7 Å². The highest BCUT2D eigenvalue weighted by Gasteiger charge is 2.52. The molecule has 2 heterocycles. The predicted molar refractivity (Wildman–Crippen MR) is 147 cm³/mol. The van der Waals surface area contributed by atoms with Crippen LogP contribution >= 0.6 is 0 Å². The molecular formula is C30H38N4O4. The second-order valence-electron chi connectivity index (χ2n) is 11.1. The van der Waals surface area contributed by atoms with Crippen LogP contribution in [0.1, 0.15) is 58.5 Å². The molecule has 1 N–H and O–H groups in total. The van der Waals surface area contributed by atoms with Gasteiger partial charge in [-0.2, -0.15) is 0 Å². The summed E-state index contributed by atoms with van der Waals surface area (Å²) in [6, 6.07) is 11.0. The van der Waals surface area contributed by atoms with Crippen molar-refractivity contribution in [1.29, 1.82) is 0 Å². The molecule has 0 radical (unpaired) electrons. The number of carbonyl (C=O) groups is 4. The van der Waals surface area contributed by atoms with E-state index in [0.717, 1.165) is 16.8 Å². The fourth-order valence-electron chi connectivity index (χ4n) is 5.42. The number of aryl methyl sites for hydroxylation is 2. The minimum absolute atomic E-state index is 0.00962. The summed E-state index contributed by atoms with van der Waals surface area (Å²) in [5.74, 6) is -0.753. The number of rotatable bonds is 7. The normalized spacial score (nSPS) is 19.5. The molecule has 3 atom stereocenters. The molecule has 0 aliphatic carbocycles. The SMILES string of the molecule is Cc1ccc(C(=O)N2CC(=O)[C@@H]3[C@H]2CCN3C(=O)[C@H](CC(C)C)NC(=O)c2ccc(N(C)C)cc2)cc1C. The van der Waals surface area contributed by atoms with Crippen LogP contribution in [0.2, 0.25) is 0 Å². The van der Waals surface area contributed by atoms with Crippen LogP contribution in [0.15, 0.2) is 42.5 Å². The first-order valence-electron chi connectivity index (χ1n) is 13.3. The van der Waals surface area contributed by atoms with E-state index >= 15 is 0 Å². The van der Waals surface area contributed by atoms with Gasteiger partial charge in [-0.15, -0.1) is 0 Å². The Balaban J connectivity index is 1.50. The Morgan fingerprint density at radius 3 is 2.24 bits per heavy atom. The number of Topliss-reactive ketones (excluding diaryl/α,β-unsaturated/α-hetero) is 1. The molecule has 0 saturated carbocycles. The van der Waals surface area contributed by atoms with E-state index in [9.17, 15) is 19.2 Å². The van der Waals surface area contributed by atoms with Crippen molar-refractivity contribution in [3.05, 3.63) is 64.7 Å². The molecule has 2 aliphatic heterocycles. The Morgan fingerprint density at radius 1 is 0.974 bits per heavy atom. The number of ketones is 1. The van der Waals surface area contributed by atoms with Gasteiger partial charge in [0.25, 0.3) is 11.8 Å². The van der Waals surface area contributed by atoms with Gasteiger partial charge in [0.2, 0.25) is 5.91 Å². The number of anilines is 1. The van der Waals surface area contributed by atoms with Crippen LogP contribution in [0.25, 0.3) is 0 Å². The summed E-state index contributed by atoms with van der Waals surface area (Å²) < 4.78 is 0. The molecule has 0 bridgehead atoms. The highest BCUT2D eigenvalue weighted by Crippen LogP contribution is 2.32. The molecule has 0 spiro atoms. The fraction of sp³-hybridized carbons (Fsp3) is 0.467. The van der Waals surface area contributed by atoms with E-state index in [1.54, 1.807) is 28.0 Å². The molecule has 2 aromatic rings. The number of hydrogen-bond acceptors (Lipinski definition) is 5. The first-order chi connectivity index (χ1) is 18.0. The highest BCUT2D eigenvalue weighted by molar-refractivity contribution is 6.03. The average Bonchev–Trinajstić information content (AvgIpc) is 3.45. The number of amides is 3. The van der Waals surface area contributed by atoms with Gasteiger partial charge in [-0.05, 0) is 80.1 Å². The van der Waals surface area contributed by atoms with E-state index in [1.165, 1.54) is 0 Å². The summed E-state index contributed by atoms with van der Waals surface area (Å²) in [5.41, 5.74) is 4.11. The molecule has 2 aliphatic rings. The van der Waals surface area contributed by atoms with Gasteiger partial charge >= 0.3 is 0 Å². The highest BCUT2D eigenvalue weighted by atomic mass is 16.2. The van der Waals surface area contributed by atoms with Gasteiger partial charge in [-0.3, -0.25) is 19.2 Å². The summed E-state index contributed by atoms with van der Waals surface area (Å²) in [6.07, 6.45) is 0.987. The Morgan fingerprint density at radius 2 is 1.63 bits per heavy atom. The fourth-order valence-corrected chi connectivity index (χ4v) is 5.42. The topological polar surface area (TPSA) is 90.0 Å². The molecule has 2 fully saturated rings. The van der Waals surface area contributed by atoms with Crippen LogP contribution in [0.4, 0.5) is 5.69 Å². The van der Waals surface area contributed by atoms with Crippen molar-refractivity contribution < 1.29 is 19.2 Å². The lowest BCUT2D eigenvalue weighted by Crippen LogP contribution is -2.53. The molecular weight excluding hydrogens is 480 g/mol. The van der Waals surface area contributed by atoms with E-state index < -0.39 is 12.1 Å². The lowest BCUT2D eigenvalue weighted by Gasteiger charge is -2.29. The van der Waals surface area contributed by atoms with Gasteiger partial charge in [-0.1, -0.05) is 19.9 Å². The van der Waals surface area contributed by atoms with Gasteiger partial charge in [0.05, 0.1) is 12.6 Å². The Labute approximate surface area is 225 Å². The third-order valence-corrected chi connectivity index (χ3v) is 7.68. The lowest BCUT2D eigenvalue weighted by molar-refractivity contribution is -0.138. The molecule has 0 unspecified atom stereocenters. The maximum Gasteiger partial charge on any atom is 0.254 e. The molecule has 2 aromatic carbocycles. The molecule has 202 valence electrons. The summed E-state index contributed by atoms with van der Waals surface area (Å²) in [6.45, 7) is 8.30. The van der Waals surface area contributed by atoms with Crippen molar-refractivity contribution in [3.8, 4) is 0 Å². The van der Waals surface area contributed by atoms with E-state index in [2.05, 4.69) is 5.32 Å². The van der Waals surface area contributed by atoms with Crippen LogP contribution in [-0.4, -0.2) is 78.6 Å². The second kappa shape index (κ2) is 11.0. The van der Waals surface area contributed by atoms with E-state index in [-0.39, 0.29) is 42.0 Å². The summed E-state index contributed by atoms with van der Waals surface area (Å²) >= 11 is 0. The lowest BCUT2D eigenvalue weighted by atomic mass is 10.0. The van der Waals surface area contributed by atoms with Crippen molar-refractivity contribution in [3.63, 3.8) is 0 Å². The second-order valence-corrected chi connectivity index (χ2v) is 11.1. The minimum Gasteiger partial charge on any atom is -0.378 e.